The van der Waals surface area contributed by atoms with Gasteiger partial charge in [0.2, 0.25) is 0 Å². The highest BCUT2D eigenvalue weighted by Gasteiger charge is 2.07. The molecule has 0 bridgehead atoms. The molecule has 0 aromatic carbocycles. The maximum Gasteiger partial charge on any atom is 0.137 e. The van der Waals surface area contributed by atoms with Gasteiger partial charge < -0.3 is 5.32 Å². The molecule has 3 nitrogen and oxygen atoms in total. The standard InChI is InChI=1S/C10H12ClN3/c1-3-5-8-9(11)13-7-14-10(8)12-6-4-2/h2,7H,3,5-6H2,1H3,(H,12,13,14). The molecule has 0 amide bonds. The van der Waals surface area contributed by atoms with E-state index in [-0.39, 0.29) is 0 Å². The predicted octanol–water partition coefficient (Wildman–Crippen LogP) is 2.13. The fourth-order valence-electron chi connectivity index (χ4n) is 1.15. The summed E-state index contributed by atoms with van der Waals surface area (Å²) in [6, 6.07) is 0. The molecule has 14 heavy (non-hydrogen) atoms. The Morgan fingerprint density at radius 2 is 2.36 bits per heavy atom. The number of terminal acetylenes is 1. The fourth-order valence-corrected chi connectivity index (χ4v) is 1.38. The lowest BCUT2D eigenvalue weighted by atomic mass is 10.2. The minimum atomic E-state index is 0.448. The Kier molecular flexibility index (Phi) is 4.21. The third-order valence-corrected chi connectivity index (χ3v) is 2.08. The van der Waals surface area contributed by atoms with Crippen molar-refractivity contribution in [2.24, 2.45) is 0 Å². The molecule has 0 unspecified atom stereocenters. The first kappa shape index (κ1) is 10.8. The zero-order valence-electron chi connectivity index (χ0n) is 8.05. The summed E-state index contributed by atoms with van der Waals surface area (Å²) in [6.45, 7) is 2.53. The highest BCUT2D eigenvalue weighted by molar-refractivity contribution is 6.30. The second-order valence-electron chi connectivity index (χ2n) is 2.80. The van der Waals surface area contributed by atoms with Crippen LogP contribution in [0.25, 0.3) is 0 Å². The van der Waals surface area contributed by atoms with Crippen molar-refractivity contribution in [1.29, 1.82) is 0 Å². The van der Waals surface area contributed by atoms with E-state index in [0.717, 1.165) is 24.2 Å². The lowest BCUT2D eigenvalue weighted by molar-refractivity contribution is 0.901. The molecule has 0 fully saturated rings. The van der Waals surface area contributed by atoms with Crippen molar-refractivity contribution in [3.8, 4) is 12.3 Å². The number of halogens is 1. The van der Waals surface area contributed by atoms with Gasteiger partial charge in [-0.3, -0.25) is 0 Å². The molecule has 0 aliphatic rings. The van der Waals surface area contributed by atoms with E-state index in [1.54, 1.807) is 0 Å². The van der Waals surface area contributed by atoms with Crippen LogP contribution in [0.3, 0.4) is 0 Å². The van der Waals surface area contributed by atoms with Gasteiger partial charge in [-0.15, -0.1) is 6.42 Å². The van der Waals surface area contributed by atoms with E-state index < -0.39 is 0 Å². The second kappa shape index (κ2) is 5.46. The van der Waals surface area contributed by atoms with Gasteiger partial charge >= 0.3 is 0 Å². The van der Waals surface area contributed by atoms with Crippen molar-refractivity contribution in [2.45, 2.75) is 19.8 Å². The van der Waals surface area contributed by atoms with Crippen molar-refractivity contribution >= 4 is 17.4 Å². The normalized spacial score (nSPS) is 9.50. The third kappa shape index (κ3) is 2.61. The molecule has 4 heteroatoms. The molecule has 1 heterocycles. The summed E-state index contributed by atoms with van der Waals surface area (Å²) in [4.78, 5) is 8.02. The van der Waals surface area contributed by atoms with E-state index in [9.17, 15) is 0 Å². The van der Waals surface area contributed by atoms with E-state index in [4.69, 9.17) is 18.0 Å². The van der Waals surface area contributed by atoms with Crippen molar-refractivity contribution < 1.29 is 0 Å². The molecule has 74 valence electrons. The van der Waals surface area contributed by atoms with E-state index in [0.29, 0.717) is 11.7 Å². The van der Waals surface area contributed by atoms with Gasteiger partial charge in [-0.05, 0) is 6.42 Å². The van der Waals surface area contributed by atoms with Crippen LogP contribution >= 0.6 is 11.6 Å². The number of nitrogens with one attached hydrogen (secondary N) is 1. The van der Waals surface area contributed by atoms with E-state index >= 15 is 0 Å². The van der Waals surface area contributed by atoms with Crippen LogP contribution in [0.15, 0.2) is 6.33 Å². The van der Waals surface area contributed by atoms with Crippen molar-refractivity contribution in [3.05, 3.63) is 17.0 Å². The summed E-state index contributed by atoms with van der Waals surface area (Å²) in [6.07, 6.45) is 8.43. The largest absolute Gasteiger partial charge is 0.359 e. The van der Waals surface area contributed by atoms with Crippen LogP contribution in [0.2, 0.25) is 5.15 Å². The van der Waals surface area contributed by atoms with E-state index in [1.807, 2.05) is 0 Å². The van der Waals surface area contributed by atoms with Crippen LogP contribution in [0.4, 0.5) is 5.82 Å². The Bertz CT molecular complexity index is 344. The molecule has 1 aromatic heterocycles. The zero-order valence-corrected chi connectivity index (χ0v) is 8.80. The fraction of sp³-hybridized carbons (Fsp3) is 0.400. The average molecular weight is 210 g/mol. The molecule has 0 aliphatic carbocycles. The van der Waals surface area contributed by atoms with Crippen LogP contribution in [-0.4, -0.2) is 16.5 Å². The highest BCUT2D eigenvalue weighted by atomic mass is 35.5. The topological polar surface area (TPSA) is 37.8 Å². The molecule has 1 rings (SSSR count). The van der Waals surface area contributed by atoms with Crippen LogP contribution in [0.5, 0.6) is 0 Å². The minimum Gasteiger partial charge on any atom is -0.359 e. The van der Waals surface area contributed by atoms with Crippen LogP contribution in [0.1, 0.15) is 18.9 Å². The van der Waals surface area contributed by atoms with Crippen molar-refractivity contribution in [1.82, 2.24) is 9.97 Å². The van der Waals surface area contributed by atoms with Gasteiger partial charge in [0.15, 0.2) is 0 Å². The maximum atomic E-state index is 5.94. The van der Waals surface area contributed by atoms with Crippen molar-refractivity contribution in [3.63, 3.8) is 0 Å². The summed E-state index contributed by atoms with van der Waals surface area (Å²) in [7, 11) is 0. The monoisotopic (exact) mass is 209 g/mol. The number of hydrogen-bond donors (Lipinski definition) is 1. The minimum absolute atomic E-state index is 0.448. The molecule has 0 aliphatic heterocycles. The van der Waals surface area contributed by atoms with Crippen molar-refractivity contribution in [2.75, 3.05) is 11.9 Å². The number of anilines is 1. The quantitative estimate of drug-likeness (QED) is 0.610. The predicted molar refractivity (Wildman–Crippen MR) is 58.4 cm³/mol. The van der Waals surface area contributed by atoms with Gasteiger partial charge in [0.05, 0.1) is 6.54 Å². The molecule has 1 N–H and O–H groups in total. The first-order valence-corrected chi connectivity index (χ1v) is 4.84. The van der Waals surface area contributed by atoms with E-state index in [2.05, 4.69) is 28.1 Å². The summed E-state index contributed by atoms with van der Waals surface area (Å²) in [5.74, 6) is 3.23. The maximum absolute atomic E-state index is 5.94. The number of rotatable bonds is 4. The van der Waals surface area contributed by atoms with Gasteiger partial charge in [0.25, 0.3) is 0 Å². The van der Waals surface area contributed by atoms with Gasteiger partial charge in [0.1, 0.15) is 17.3 Å². The summed E-state index contributed by atoms with van der Waals surface area (Å²) in [5.41, 5.74) is 0.937. The number of nitrogens with zero attached hydrogens (tertiary/aromatic N) is 2. The summed E-state index contributed by atoms with van der Waals surface area (Å²) >= 11 is 5.94. The SMILES string of the molecule is C#CCNc1ncnc(Cl)c1CCC. The summed E-state index contributed by atoms with van der Waals surface area (Å²) < 4.78 is 0. The van der Waals surface area contributed by atoms with Gasteiger partial charge in [0, 0.05) is 5.56 Å². The lowest BCUT2D eigenvalue weighted by Crippen LogP contribution is -2.05. The third-order valence-electron chi connectivity index (χ3n) is 1.75. The molecule has 0 atom stereocenters. The number of aromatic nitrogens is 2. The Labute approximate surface area is 88.9 Å². The van der Waals surface area contributed by atoms with E-state index in [1.165, 1.54) is 6.33 Å². The first-order chi connectivity index (χ1) is 6.79. The second-order valence-corrected chi connectivity index (χ2v) is 3.16. The van der Waals surface area contributed by atoms with Crippen LogP contribution < -0.4 is 5.32 Å². The van der Waals surface area contributed by atoms with Gasteiger partial charge in [-0.2, -0.15) is 0 Å². The molecule has 0 spiro atoms. The molecular weight excluding hydrogens is 198 g/mol. The summed E-state index contributed by atoms with van der Waals surface area (Å²) in [5, 5.41) is 3.52. The Hall–Kier alpha value is -1.27. The van der Waals surface area contributed by atoms with Crippen LogP contribution in [-0.2, 0) is 6.42 Å². The van der Waals surface area contributed by atoms with Crippen LogP contribution in [0, 0.1) is 12.3 Å². The number of hydrogen-bond acceptors (Lipinski definition) is 3. The molecule has 0 saturated carbocycles. The average Bonchev–Trinajstić information content (AvgIpc) is 2.19. The van der Waals surface area contributed by atoms with Gasteiger partial charge in [-0.1, -0.05) is 30.9 Å². The molecule has 0 radical (unpaired) electrons. The Morgan fingerprint density at radius 3 is 3.00 bits per heavy atom. The molecule has 1 aromatic rings. The lowest BCUT2D eigenvalue weighted by Gasteiger charge is -2.08. The molecular formula is C10H12ClN3. The first-order valence-electron chi connectivity index (χ1n) is 4.46. The van der Waals surface area contributed by atoms with Gasteiger partial charge in [-0.25, -0.2) is 9.97 Å². The molecule has 0 saturated heterocycles. The Morgan fingerprint density at radius 1 is 1.57 bits per heavy atom. The zero-order chi connectivity index (χ0) is 10.4. The Balaban J connectivity index is 2.90. The smallest absolute Gasteiger partial charge is 0.137 e. The highest BCUT2D eigenvalue weighted by Crippen LogP contribution is 2.20.